The van der Waals surface area contributed by atoms with Crippen molar-refractivity contribution in [1.82, 2.24) is 15.0 Å². The fourth-order valence-corrected chi connectivity index (χ4v) is 1.73. The largest absolute Gasteiger partial charge is 0.394 e. The van der Waals surface area contributed by atoms with Crippen LogP contribution >= 0.6 is 0 Å². The molecular weight excluding hydrogens is 230 g/mol. The Balaban J connectivity index is 1.87. The van der Waals surface area contributed by atoms with Gasteiger partial charge in [0.2, 0.25) is 0 Å². The first-order valence-corrected chi connectivity index (χ1v) is 6.00. The summed E-state index contributed by atoms with van der Waals surface area (Å²) in [4.78, 5) is 0. The van der Waals surface area contributed by atoms with Gasteiger partial charge in [-0.1, -0.05) is 35.5 Å². The van der Waals surface area contributed by atoms with Crippen LogP contribution in [0.2, 0.25) is 0 Å². The van der Waals surface area contributed by atoms with E-state index in [1.165, 1.54) is 5.56 Å². The van der Waals surface area contributed by atoms with Crippen molar-refractivity contribution in [3.05, 3.63) is 47.8 Å². The van der Waals surface area contributed by atoms with Gasteiger partial charge in [0.1, 0.15) is 0 Å². The van der Waals surface area contributed by atoms with Crippen LogP contribution in [0, 0.1) is 0 Å². The minimum absolute atomic E-state index is 0.265. The van der Waals surface area contributed by atoms with Gasteiger partial charge in [-0.05, 0) is 18.4 Å². The van der Waals surface area contributed by atoms with Crippen LogP contribution in [-0.4, -0.2) is 37.9 Å². The smallest absolute Gasteiger partial charge is 0.0966 e. The van der Waals surface area contributed by atoms with Gasteiger partial charge in [0.25, 0.3) is 0 Å². The summed E-state index contributed by atoms with van der Waals surface area (Å²) in [6, 6.07) is 10.2. The van der Waals surface area contributed by atoms with E-state index in [-0.39, 0.29) is 13.2 Å². The van der Waals surface area contributed by atoms with E-state index >= 15 is 0 Å². The Hall–Kier alpha value is -1.72. The van der Waals surface area contributed by atoms with Gasteiger partial charge < -0.3 is 10.2 Å². The van der Waals surface area contributed by atoms with E-state index in [1.807, 2.05) is 24.4 Å². The maximum absolute atomic E-state index is 9.29. The normalized spacial score (nSPS) is 12.6. The molecule has 2 N–H and O–H groups in total. The van der Waals surface area contributed by atoms with Crippen molar-refractivity contribution in [2.45, 2.75) is 25.5 Å². The van der Waals surface area contributed by atoms with Gasteiger partial charge in [0, 0.05) is 6.20 Å². The molecule has 0 unspecified atom stereocenters. The molecular formula is C13H17N3O2. The highest BCUT2D eigenvalue weighted by Crippen LogP contribution is 2.04. The molecule has 1 aromatic carbocycles. The molecule has 2 aromatic rings. The summed E-state index contributed by atoms with van der Waals surface area (Å²) >= 11 is 0. The number of aliphatic hydroxyl groups excluding tert-OH is 2. The Morgan fingerprint density at radius 2 is 1.94 bits per heavy atom. The van der Waals surface area contributed by atoms with Gasteiger partial charge >= 0.3 is 0 Å². The molecule has 0 saturated heterocycles. The zero-order chi connectivity index (χ0) is 12.8. The fraction of sp³-hybridized carbons (Fsp3) is 0.385. The Morgan fingerprint density at radius 3 is 2.67 bits per heavy atom. The first-order valence-electron chi connectivity index (χ1n) is 6.00. The number of rotatable bonds is 6. The number of aryl methyl sites for hydroxylation is 2. The fourth-order valence-electron chi connectivity index (χ4n) is 1.73. The third-order valence-electron chi connectivity index (χ3n) is 2.71. The highest BCUT2D eigenvalue weighted by Gasteiger charge is 2.06. The summed E-state index contributed by atoms with van der Waals surface area (Å²) in [6.07, 6.45) is 2.76. The van der Waals surface area contributed by atoms with Crippen LogP contribution in [0.15, 0.2) is 36.5 Å². The Labute approximate surface area is 106 Å². The van der Waals surface area contributed by atoms with E-state index in [0.717, 1.165) is 18.5 Å². The molecule has 0 aliphatic rings. The van der Waals surface area contributed by atoms with Gasteiger partial charge in [-0.25, -0.2) is 4.68 Å². The molecule has 0 aliphatic heterocycles. The average Bonchev–Trinajstić information content (AvgIpc) is 2.85. The first-order chi connectivity index (χ1) is 8.78. The lowest BCUT2D eigenvalue weighted by molar-refractivity contribution is 0.0778. The standard InChI is InChI=1S/C13H17N3O2/c17-10-13(18)9-16-8-12(14-15-16)7-6-11-4-2-1-3-5-11/h1-5,8,13,17-18H,6-7,9-10H2/t13-/m0/s1. The monoisotopic (exact) mass is 247 g/mol. The molecule has 0 amide bonds. The molecule has 0 radical (unpaired) electrons. The Bertz CT molecular complexity index is 470. The summed E-state index contributed by atoms with van der Waals surface area (Å²) in [5.41, 5.74) is 2.16. The third-order valence-corrected chi connectivity index (χ3v) is 2.71. The summed E-state index contributed by atoms with van der Waals surface area (Å²) in [6.45, 7) is 0.00798. The van der Waals surface area contributed by atoms with E-state index < -0.39 is 6.10 Å². The van der Waals surface area contributed by atoms with Crippen LogP contribution in [0.4, 0.5) is 0 Å². The SMILES string of the molecule is OC[C@@H](O)Cn1cc(CCc2ccccc2)nn1. The minimum Gasteiger partial charge on any atom is -0.394 e. The summed E-state index contributed by atoms with van der Waals surface area (Å²) in [7, 11) is 0. The first kappa shape index (κ1) is 12.7. The van der Waals surface area contributed by atoms with Gasteiger partial charge in [-0.15, -0.1) is 5.10 Å². The molecule has 0 fully saturated rings. The second-order valence-corrected chi connectivity index (χ2v) is 4.25. The van der Waals surface area contributed by atoms with Crippen molar-refractivity contribution >= 4 is 0 Å². The summed E-state index contributed by atoms with van der Waals surface area (Å²) in [5, 5.41) is 26.0. The van der Waals surface area contributed by atoms with Gasteiger partial charge in [0.15, 0.2) is 0 Å². The van der Waals surface area contributed by atoms with Crippen molar-refractivity contribution < 1.29 is 10.2 Å². The van der Waals surface area contributed by atoms with Crippen molar-refractivity contribution in [1.29, 1.82) is 0 Å². The lowest BCUT2D eigenvalue weighted by atomic mass is 10.1. The molecule has 5 heteroatoms. The van der Waals surface area contributed by atoms with E-state index in [4.69, 9.17) is 5.11 Å². The van der Waals surface area contributed by atoms with Gasteiger partial charge in [0.05, 0.1) is 24.9 Å². The maximum atomic E-state index is 9.29. The molecule has 0 aliphatic carbocycles. The van der Waals surface area contributed by atoms with Crippen LogP contribution in [0.1, 0.15) is 11.3 Å². The van der Waals surface area contributed by atoms with Crippen molar-refractivity contribution in [3.8, 4) is 0 Å². The van der Waals surface area contributed by atoms with Crippen molar-refractivity contribution in [3.63, 3.8) is 0 Å². The van der Waals surface area contributed by atoms with Gasteiger partial charge in [-0.2, -0.15) is 0 Å². The molecule has 96 valence electrons. The summed E-state index contributed by atoms with van der Waals surface area (Å²) in [5.74, 6) is 0. The predicted molar refractivity (Wildman–Crippen MR) is 67.0 cm³/mol. The minimum atomic E-state index is -0.784. The van der Waals surface area contributed by atoms with Crippen LogP contribution in [0.25, 0.3) is 0 Å². The number of hydrogen-bond donors (Lipinski definition) is 2. The molecule has 0 spiro atoms. The third kappa shape index (κ3) is 3.65. The maximum Gasteiger partial charge on any atom is 0.0966 e. The second kappa shape index (κ2) is 6.28. The van der Waals surface area contributed by atoms with Gasteiger partial charge in [-0.3, -0.25) is 0 Å². The molecule has 1 atom stereocenters. The topological polar surface area (TPSA) is 71.2 Å². The number of aromatic nitrogens is 3. The lowest BCUT2D eigenvalue weighted by Gasteiger charge is -2.04. The predicted octanol–water partition coefficient (Wildman–Crippen LogP) is 0.416. The van der Waals surface area contributed by atoms with E-state index in [2.05, 4.69) is 22.4 Å². The van der Waals surface area contributed by atoms with E-state index in [0.29, 0.717) is 0 Å². The van der Waals surface area contributed by atoms with Crippen LogP contribution in [-0.2, 0) is 19.4 Å². The molecule has 0 saturated carbocycles. The highest BCUT2D eigenvalue weighted by atomic mass is 16.3. The van der Waals surface area contributed by atoms with Crippen LogP contribution in [0.5, 0.6) is 0 Å². The summed E-state index contributed by atoms with van der Waals surface area (Å²) < 4.78 is 1.56. The van der Waals surface area contributed by atoms with E-state index in [1.54, 1.807) is 4.68 Å². The molecule has 0 bridgehead atoms. The molecule has 5 nitrogen and oxygen atoms in total. The molecule has 18 heavy (non-hydrogen) atoms. The second-order valence-electron chi connectivity index (χ2n) is 4.25. The zero-order valence-corrected chi connectivity index (χ0v) is 10.1. The van der Waals surface area contributed by atoms with E-state index in [9.17, 15) is 5.11 Å². The van der Waals surface area contributed by atoms with Crippen LogP contribution < -0.4 is 0 Å². The molecule has 1 heterocycles. The zero-order valence-electron chi connectivity index (χ0n) is 10.1. The number of benzene rings is 1. The lowest BCUT2D eigenvalue weighted by Crippen LogP contribution is -2.20. The highest BCUT2D eigenvalue weighted by molar-refractivity contribution is 5.15. The average molecular weight is 247 g/mol. The van der Waals surface area contributed by atoms with Crippen LogP contribution in [0.3, 0.4) is 0 Å². The number of hydrogen-bond acceptors (Lipinski definition) is 4. The quantitative estimate of drug-likeness (QED) is 0.776. The number of aliphatic hydroxyl groups is 2. The van der Waals surface area contributed by atoms with Crippen molar-refractivity contribution in [2.75, 3.05) is 6.61 Å². The van der Waals surface area contributed by atoms with Crippen molar-refractivity contribution in [2.24, 2.45) is 0 Å². The molecule has 2 rings (SSSR count). The Morgan fingerprint density at radius 1 is 1.17 bits per heavy atom. The molecule has 1 aromatic heterocycles. The Kier molecular flexibility index (Phi) is 4.44. The number of nitrogens with zero attached hydrogens (tertiary/aromatic N) is 3.